The van der Waals surface area contributed by atoms with Gasteiger partial charge in [-0.15, -0.1) is 6.58 Å². The Morgan fingerprint density at radius 3 is 2.95 bits per heavy atom. The van der Waals surface area contributed by atoms with Gasteiger partial charge in [-0.05, 0) is 45.1 Å². The molecule has 0 unspecified atom stereocenters. The van der Waals surface area contributed by atoms with Crippen LogP contribution in [0, 0.1) is 6.92 Å². The zero-order chi connectivity index (χ0) is 15.5. The van der Waals surface area contributed by atoms with E-state index in [1.165, 1.54) is 5.56 Å². The van der Waals surface area contributed by atoms with E-state index in [1.54, 1.807) is 0 Å². The molecule has 0 saturated carbocycles. The normalized spacial score (nSPS) is 11.5. The number of nitrogens with zero attached hydrogens (tertiary/aromatic N) is 3. The highest BCUT2D eigenvalue weighted by Crippen LogP contribution is 2.05. The van der Waals surface area contributed by atoms with Crippen molar-refractivity contribution in [1.82, 2.24) is 20.4 Å². The predicted octanol–water partition coefficient (Wildman–Crippen LogP) is 2.51. The number of aromatic amines is 1. The highest BCUT2D eigenvalue weighted by molar-refractivity contribution is 5.79. The molecule has 0 aliphatic heterocycles. The summed E-state index contributed by atoms with van der Waals surface area (Å²) in [6.45, 7) is 10.6. The molecular weight excluding hydrogens is 262 g/mol. The Hall–Kier alpha value is -1.78. The molecule has 1 aromatic rings. The lowest BCUT2D eigenvalue weighted by atomic mass is 10.1. The van der Waals surface area contributed by atoms with Crippen LogP contribution in [0.15, 0.2) is 23.8 Å². The van der Waals surface area contributed by atoms with Crippen LogP contribution in [0.2, 0.25) is 0 Å². The number of allylic oxidation sites excluding steroid dienone is 1. The van der Waals surface area contributed by atoms with Gasteiger partial charge >= 0.3 is 0 Å². The van der Waals surface area contributed by atoms with Gasteiger partial charge in [0.2, 0.25) is 0 Å². The SMILES string of the molecule is C=CCCCN(C)C(=NCCCc1cn[nH]c1C)NCC. The number of H-pyrrole nitrogens is 1. The third kappa shape index (κ3) is 6.47. The molecule has 1 rings (SSSR count). The van der Waals surface area contributed by atoms with Crippen LogP contribution in [-0.4, -0.2) is 47.7 Å². The summed E-state index contributed by atoms with van der Waals surface area (Å²) in [6.07, 6.45) is 8.08. The summed E-state index contributed by atoms with van der Waals surface area (Å²) in [5.41, 5.74) is 2.45. The Morgan fingerprint density at radius 2 is 2.33 bits per heavy atom. The van der Waals surface area contributed by atoms with E-state index in [-0.39, 0.29) is 0 Å². The minimum atomic E-state index is 0.832. The number of hydrogen-bond acceptors (Lipinski definition) is 2. The average Bonchev–Trinajstić information content (AvgIpc) is 2.88. The fraction of sp³-hybridized carbons (Fsp3) is 0.625. The van der Waals surface area contributed by atoms with Gasteiger partial charge in [-0.25, -0.2) is 0 Å². The first kappa shape index (κ1) is 17.3. The van der Waals surface area contributed by atoms with Crippen LogP contribution < -0.4 is 5.32 Å². The molecule has 21 heavy (non-hydrogen) atoms. The molecule has 0 radical (unpaired) electrons. The van der Waals surface area contributed by atoms with Crippen molar-refractivity contribution in [2.75, 3.05) is 26.7 Å². The molecule has 0 aliphatic carbocycles. The van der Waals surface area contributed by atoms with Crippen molar-refractivity contribution in [3.63, 3.8) is 0 Å². The Bertz CT molecular complexity index is 436. The molecule has 0 amide bonds. The van der Waals surface area contributed by atoms with Crippen molar-refractivity contribution in [3.05, 3.63) is 30.1 Å². The van der Waals surface area contributed by atoms with Crippen molar-refractivity contribution in [3.8, 4) is 0 Å². The largest absolute Gasteiger partial charge is 0.357 e. The Balaban J connectivity index is 2.39. The van der Waals surface area contributed by atoms with Gasteiger partial charge in [0.05, 0.1) is 6.20 Å². The Morgan fingerprint density at radius 1 is 1.52 bits per heavy atom. The van der Waals surface area contributed by atoms with Crippen LogP contribution in [0.3, 0.4) is 0 Å². The van der Waals surface area contributed by atoms with E-state index in [4.69, 9.17) is 4.99 Å². The topological polar surface area (TPSA) is 56.3 Å². The van der Waals surface area contributed by atoms with Crippen LogP contribution in [-0.2, 0) is 6.42 Å². The molecule has 0 spiro atoms. The van der Waals surface area contributed by atoms with E-state index in [0.29, 0.717) is 0 Å². The summed E-state index contributed by atoms with van der Waals surface area (Å²) >= 11 is 0. The molecule has 0 atom stereocenters. The zero-order valence-corrected chi connectivity index (χ0v) is 13.7. The van der Waals surface area contributed by atoms with Crippen molar-refractivity contribution >= 4 is 5.96 Å². The number of nitrogens with one attached hydrogen (secondary N) is 2. The fourth-order valence-corrected chi connectivity index (χ4v) is 2.13. The number of aryl methyl sites for hydroxylation is 2. The molecule has 5 nitrogen and oxygen atoms in total. The molecule has 0 aromatic carbocycles. The number of aromatic nitrogens is 2. The third-order valence-corrected chi connectivity index (χ3v) is 3.40. The molecule has 0 aliphatic rings. The maximum atomic E-state index is 4.70. The Kier molecular flexibility index (Phi) is 8.24. The lowest BCUT2D eigenvalue weighted by molar-refractivity contribution is 0.470. The van der Waals surface area contributed by atoms with Gasteiger partial charge in [0, 0.05) is 32.4 Å². The van der Waals surface area contributed by atoms with E-state index in [9.17, 15) is 0 Å². The number of guanidine groups is 1. The van der Waals surface area contributed by atoms with Crippen LogP contribution in [0.1, 0.15) is 37.4 Å². The number of unbranched alkanes of at least 4 members (excludes halogenated alkanes) is 1. The summed E-state index contributed by atoms with van der Waals surface area (Å²) in [7, 11) is 2.09. The van der Waals surface area contributed by atoms with Gasteiger partial charge in [0.15, 0.2) is 5.96 Å². The Labute approximate surface area is 128 Å². The first-order valence-electron chi connectivity index (χ1n) is 7.78. The monoisotopic (exact) mass is 291 g/mol. The maximum Gasteiger partial charge on any atom is 0.193 e. The van der Waals surface area contributed by atoms with Gasteiger partial charge in [0.1, 0.15) is 0 Å². The van der Waals surface area contributed by atoms with Crippen molar-refractivity contribution in [2.45, 2.75) is 39.5 Å². The lowest BCUT2D eigenvalue weighted by Crippen LogP contribution is -2.39. The van der Waals surface area contributed by atoms with Crippen LogP contribution in [0.25, 0.3) is 0 Å². The van der Waals surface area contributed by atoms with E-state index in [1.807, 2.05) is 12.3 Å². The fourth-order valence-electron chi connectivity index (χ4n) is 2.13. The molecule has 0 saturated heterocycles. The number of hydrogen-bond donors (Lipinski definition) is 2. The summed E-state index contributed by atoms with van der Waals surface area (Å²) in [5, 5.41) is 10.4. The van der Waals surface area contributed by atoms with Gasteiger partial charge in [-0.3, -0.25) is 10.1 Å². The summed E-state index contributed by atoms with van der Waals surface area (Å²) < 4.78 is 0. The summed E-state index contributed by atoms with van der Waals surface area (Å²) in [4.78, 5) is 6.89. The van der Waals surface area contributed by atoms with Crippen molar-refractivity contribution in [2.24, 2.45) is 4.99 Å². The zero-order valence-electron chi connectivity index (χ0n) is 13.7. The molecule has 2 N–H and O–H groups in total. The number of rotatable bonds is 9. The minimum Gasteiger partial charge on any atom is -0.357 e. The third-order valence-electron chi connectivity index (χ3n) is 3.40. The van der Waals surface area contributed by atoms with Gasteiger partial charge in [-0.2, -0.15) is 5.10 Å². The molecule has 1 aromatic heterocycles. The van der Waals surface area contributed by atoms with Gasteiger partial charge in [-0.1, -0.05) is 6.08 Å². The smallest absolute Gasteiger partial charge is 0.193 e. The molecule has 5 heteroatoms. The van der Waals surface area contributed by atoms with Crippen LogP contribution in [0.4, 0.5) is 0 Å². The molecular formula is C16H29N5. The van der Waals surface area contributed by atoms with E-state index in [2.05, 4.69) is 47.9 Å². The second-order valence-electron chi connectivity index (χ2n) is 5.21. The van der Waals surface area contributed by atoms with Crippen molar-refractivity contribution in [1.29, 1.82) is 0 Å². The standard InChI is InChI=1S/C16H29N5/c1-5-7-8-12-21(4)16(17-6-2)18-11-9-10-15-13-19-20-14(15)3/h5,13H,1,6-12H2,2-4H3,(H,17,18)(H,19,20). The van der Waals surface area contributed by atoms with Gasteiger partial charge < -0.3 is 10.2 Å². The highest BCUT2D eigenvalue weighted by atomic mass is 15.3. The predicted molar refractivity (Wildman–Crippen MR) is 89.7 cm³/mol. The number of aliphatic imine (C=N–C) groups is 1. The second-order valence-corrected chi connectivity index (χ2v) is 5.21. The maximum absolute atomic E-state index is 4.70. The van der Waals surface area contributed by atoms with Gasteiger partial charge in [0.25, 0.3) is 0 Å². The molecule has 118 valence electrons. The summed E-state index contributed by atoms with van der Waals surface area (Å²) in [6, 6.07) is 0. The second kappa shape index (κ2) is 10.0. The first-order chi connectivity index (χ1) is 10.2. The van der Waals surface area contributed by atoms with Crippen molar-refractivity contribution < 1.29 is 0 Å². The minimum absolute atomic E-state index is 0.832. The first-order valence-corrected chi connectivity index (χ1v) is 7.78. The van der Waals surface area contributed by atoms with E-state index >= 15 is 0 Å². The molecule has 0 bridgehead atoms. The molecule has 1 heterocycles. The van der Waals surface area contributed by atoms with Crippen LogP contribution in [0.5, 0.6) is 0 Å². The average molecular weight is 291 g/mol. The highest BCUT2D eigenvalue weighted by Gasteiger charge is 2.05. The quantitative estimate of drug-likeness (QED) is 0.318. The van der Waals surface area contributed by atoms with Crippen LogP contribution >= 0.6 is 0 Å². The lowest BCUT2D eigenvalue weighted by Gasteiger charge is -2.21. The van der Waals surface area contributed by atoms with E-state index in [0.717, 1.165) is 57.0 Å². The molecule has 0 fully saturated rings. The van der Waals surface area contributed by atoms with E-state index < -0.39 is 0 Å². The summed E-state index contributed by atoms with van der Waals surface area (Å²) in [5.74, 6) is 0.991.